The Morgan fingerprint density at radius 3 is 2.45 bits per heavy atom. The molecule has 1 aliphatic rings. The van der Waals surface area contributed by atoms with Gasteiger partial charge in [-0.3, -0.25) is 9.89 Å². The Kier molecular flexibility index (Phi) is 4.49. The van der Waals surface area contributed by atoms with Gasteiger partial charge < -0.3 is 10.4 Å². The van der Waals surface area contributed by atoms with Gasteiger partial charge in [-0.05, 0) is 35.2 Å². The first kappa shape index (κ1) is 18.9. The quantitative estimate of drug-likeness (QED) is 0.489. The van der Waals surface area contributed by atoms with Gasteiger partial charge in [0.05, 0.1) is 17.0 Å². The van der Waals surface area contributed by atoms with Crippen LogP contribution in [0.15, 0.2) is 42.5 Å². The fourth-order valence-electron chi connectivity index (χ4n) is 3.51. The molecule has 0 fully saturated rings. The third-order valence-electron chi connectivity index (χ3n) is 5.06. The number of carbonyl (C=O) groups is 2. The zero-order chi connectivity index (χ0) is 20.8. The smallest absolute Gasteiger partial charge is 0.335 e. The number of benzene rings is 2. The molecular formula is C23H23N3O3. The summed E-state index contributed by atoms with van der Waals surface area (Å²) in [7, 11) is 0. The van der Waals surface area contributed by atoms with Crippen LogP contribution >= 0.6 is 0 Å². The SMILES string of the molecule is CC(C)(C)CNC(=O)c1ccc2c(c1)-c1[nH]nc(-c3ccc(C(=O)O)cc3)c1C2. The van der Waals surface area contributed by atoms with Crippen LogP contribution in [0.3, 0.4) is 0 Å². The fraction of sp³-hybridized carbons (Fsp3) is 0.261. The summed E-state index contributed by atoms with van der Waals surface area (Å²) in [4.78, 5) is 23.6. The molecule has 0 unspecified atom stereocenters. The summed E-state index contributed by atoms with van der Waals surface area (Å²) in [5, 5.41) is 19.6. The third kappa shape index (κ3) is 3.66. The van der Waals surface area contributed by atoms with Gasteiger partial charge in [0.2, 0.25) is 0 Å². The van der Waals surface area contributed by atoms with Crippen molar-refractivity contribution in [1.29, 1.82) is 0 Å². The van der Waals surface area contributed by atoms with E-state index in [-0.39, 0.29) is 16.9 Å². The van der Waals surface area contributed by atoms with E-state index >= 15 is 0 Å². The number of nitrogens with one attached hydrogen (secondary N) is 2. The third-order valence-corrected chi connectivity index (χ3v) is 5.06. The normalized spacial score (nSPS) is 12.4. The molecule has 2 aromatic carbocycles. The van der Waals surface area contributed by atoms with Crippen molar-refractivity contribution >= 4 is 11.9 Å². The second-order valence-corrected chi connectivity index (χ2v) is 8.60. The molecule has 1 heterocycles. The summed E-state index contributed by atoms with van der Waals surface area (Å²) in [5.41, 5.74) is 6.69. The molecule has 0 spiro atoms. The first-order valence-electron chi connectivity index (χ1n) is 9.55. The average molecular weight is 389 g/mol. The molecule has 0 aliphatic heterocycles. The van der Waals surface area contributed by atoms with E-state index in [0.29, 0.717) is 12.1 Å². The van der Waals surface area contributed by atoms with Crippen molar-refractivity contribution in [2.24, 2.45) is 5.41 Å². The maximum atomic E-state index is 12.5. The lowest BCUT2D eigenvalue weighted by molar-refractivity contribution is 0.0696. The number of fused-ring (bicyclic) bond motifs is 3. The Balaban J connectivity index is 1.62. The van der Waals surface area contributed by atoms with Gasteiger partial charge in [0.25, 0.3) is 5.91 Å². The van der Waals surface area contributed by atoms with Crippen molar-refractivity contribution in [1.82, 2.24) is 15.5 Å². The molecule has 148 valence electrons. The van der Waals surface area contributed by atoms with E-state index in [1.54, 1.807) is 24.3 Å². The standard InChI is InChI=1S/C23H23N3O3/c1-23(2,3)12-24-21(27)16-9-8-15-10-18-19(25-26-20(18)17(15)11-16)13-4-6-14(7-5-13)22(28)29/h4-9,11H,10,12H2,1-3H3,(H,24,27)(H,25,26)(H,28,29). The minimum absolute atomic E-state index is 0.0218. The van der Waals surface area contributed by atoms with Crippen LogP contribution in [0.1, 0.15) is 52.6 Å². The number of aromatic carboxylic acids is 1. The number of H-pyrrole nitrogens is 1. The lowest BCUT2D eigenvalue weighted by Gasteiger charge is -2.18. The van der Waals surface area contributed by atoms with Crippen LogP contribution in [-0.2, 0) is 6.42 Å². The van der Waals surface area contributed by atoms with Gasteiger partial charge in [-0.15, -0.1) is 0 Å². The Bertz CT molecular complexity index is 1110. The van der Waals surface area contributed by atoms with Gasteiger partial charge in [-0.1, -0.05) is 39.0 Å². The highest BCUT2D eigenvalue weighted by Crippen LogP contribution is 2.40. The van der Waals surface area contributed by atoms with Gasteiger partial charge >= 0.3 is 5.97 Å². The molecule has 6 nitrogen and oxygen atoms in total. The van der Waals surface area contributed by atoms with Crippen LogP contribution in [0.5, 0.6) is 0 Å². The number of rotatable bonds is 4. The number of nitrogens with zero attached hydrogens (tertiary/aromatic N) is 1. The number of carboxylic acid groups (broad SMARTS) is 1. The van der Waals surface area contributed by atoms with Gasteiger partial charge in [0.1, 0.15) is 0 Å². The molecule has 1 aliphatic carbocycles. The Morgan fingerprint density at radius 2 is 1.79 bits per heavy atom. The van der Waals surface area contributed by atoms with Gasteiger partial charge in [-0.25, -0.2) is 4.79 Å². The van der Waals surface area contributed by atoms with Crippen LogP contribution in [0.25, 0.3) is 22.5 Å². The molecule has 3 aromatic rings. The van der Waals surface area contributed by atoms with E-state index in [0.717, 1.165) is 40.1 Å². The molecule has 4 rings (SSSR count). The van der Waals surface area contributed by atoms with Gasteiger partial charge in [0.15, 0.2) is 0 Å². The Labute approximate surface area is 169 Å². The highest BCUT2D eigenvalue weighted by Gasteiger charge is 2.26. The molecule has 29 heavy (non-hydrogen) atoms. The second kappa shape index (κ2) is 6.88. The molecule has 0 atom stereocenters. The average Bonchev–Trinajstić information content (AvgIpc) is 3.24. The molecular weight excluding hydrogens is 366 g/mol. The Hall–Kier alpha value is -3.41. The minimum atomic E-state index is -0.950. The zero-order valence-electron chi connectivity index (χ0n) is 16.7. The van der Waals surface area contributed by atoms with Crippen molar-refractivity contribution in [3.8, 4) is 22.5 Å². The summed E-state index contributed by atoms with van der Waals surface area (Å²) in [6, 6.07) is 12.5. The minimum Gasteiger partial charge on any atom is -0.478 e. The van der Waals surface area contributed by atoms with Crippen LogP contribution < -0.4 is 5.32 Å². The van der Waals surface area contributed by atoms with Crippen molar-refractivity contribution in [3.05, 3.63) is 64.7 Å². The maximum absolute atomic E-state index is 12.5. The summed E-state index contributed by atoms with van der Waals surface area (Å²) < 4.78 is 0. The van der Waals surface area contributed by atoms with Gasteiger partial charge in [-0.2, -0.15) is 5.10 Å². The highest BCUT2D eigenvalue weighted by atomic mass is 16.4. The zero-order valence-corrected chi connectivity index (χ0v) is 16.7. The largest absolute Gasteiger partial charge is 0.478 e. The predicted molar refractivity (Wildman–Crippen MR) is 111 cm³/mol. The van der Waals surface area contributed by atoms with Crippen LogP contribution in [0.4, 0.5) is 0 Å². The highest BCUT2D eigenvalue weighted by molar-refractivity contribution is 5.96. The van der Waals surface area contributed by atoms with E-state index < -0.39 is 5.97 Å². The number of carboxylic acids is 1. The Morgan fingerprint density at radius 1 is 1.10 bits per heavy atom. The summed E-state index contributed by atoms with van der Waals surface area (Å²) in [6.07, 6.45) is 0.723. The van der Waals surface area contributed by atoms with E-state index in [1.807, 2.05) is 18.2 Å². The van der Waals surface area contributed by atoms with Crippen LogP contribution in [0, 0.1) is 5.41 Å². The molecule has 1 amide bonds. The lowest BCUT2D eigenvalue weighted by Crippen LogP contribution is -2.32. The van der Waals surface area contributed by atoms with Crippen molar-refractivity contribution in [2.45, 2.75) is 27.2 Å². The summed E-state index contributed by atoms with van der Waals surface area (Å²) >= 11 is 0. The van der Waals surface area contributed by atoms with Crippen molar-refractivity contribution < 1.29 is 14.7 Å². The van der Waals surface area contributed by atoms with E-state index in [9.17, 15) is 9.59 Å². The number of hydrogen-bond acceptors (Lipinski definition) is 3. The monoisotopic (exact) mass is 389 g/mol. The van der Waals surface area contributed by atoms with Crippen molar-refractivity contribution in [2.75, 3.05) is 6.54 Å². The molecule has 0 saturated heterocycles. The first-order chi connectivity index (χ1) is 13.7. The number of aromatic amines is 1. The molecule has 1 aromatic heterocycles. The molecule has 6 heteroatoms. The number of carbonyl (C=O) groups excluding carboxylic acids is 1. The number of amides is 1. The molecule has 0 radical (unpaired) electrons. The predicted octanol–water partition coefficient (Wildman–Crippen LogP) is 4.12. The van der Waals surface area contributed by atoms with Crippen LogP contribution in [0.2, 0.25) is 0 Å². The maximum Gasteiger partial charge on any atom is 0.335 e. The topological polar surface area (TPSA) is 95.1 Å². The summed E-state index contributed by atoms with van der Waals surface area (Å²) in [5.74, 6) is -1.03. The molecule has 0 bridgehead atoms. The van der Waals surface area contributed by atoms with Crippen LogP contribution in [-0.4, -0.2) is 33.7 Å². The first-order valence-corrected chi connectivity index (χ1v) is 9.55. The number of aromatic nitrogens is 2. The summed E-state index contributed by atoms with van der Waals surface area (Å²) in [6.45, 7) is 6.85. The second-order valence-electron chi connectivity index (χ2n) is 8.60. The van der Waals surface area contributed by atoms with E-state index in [1.165, 1.54) is 0 Å². The lowest BCUT2D eigenvalue weighted by atomic mass is 9.96. The molecule has 0 saturated carbocycles. The molecule has 3 N–H and O–H groups in total. The fourth-order valence-corrected chi connectivity index (χ4v) is 3.51. The van der Waals surface area contributed by atoms with Gasteiger partial charge in [0, 0.05) is 35.2 Å². The van der Waals surface area contributed by atoms with E-state index in [4.69, 9.17) is 5.11 Å². The van der Waals surface area contributed by atoms with Crippen molar-refractivity contribution in [3.63, 3.8) is 0 Å². The number of hydrogen-bond donors (Lipinski definition) is 3. The van der Waals surface area contributed by atoms with E-state index in [2.05, 4.69) is 36.3 Å².